The minimum Gasteiger partial charge on any atom is -0.376 e. The monoisotopic (exact) mass is 378 g/mol. The number of hydrogen-bond donors (Lipinski definition) is 1. The summed E-state index contributed by atoms with van der Waals surface area (Å²) in [5, 5.41) is 0. The number of hydrogen-bond acceptors (Lipinski definition) is 2. The Kier molecular flexibility index (Phi) is 3.42. The largest absolute Gasteiger partial charge is 0.376 e. The average Bonchev–Trinajstić information content (AvgIpc) is 2.92. The smallest absolute Gasteiger partial charge is 0.178 e. The van der Waals surface area contributed by atoms with E-state index in [0.29, 0.717) is 14.9 Å². The van der Waals surface area contributed by atoms with Gasteiger partial charge in [0.1, 0.15) is 5.82 Å². The van der Waals surface area contributed by atoms with Gasteiger partial charge in [-0.15, -0.1) is 0 Å². The Hall–Kier alpha value is -0.470. The fourth-order valence-electron chi connectivity index (χ4n) is 2.33. The van der Waals surface area contributed by atoms with E-state index in [1.807, 2.05) is 27.2 Å². The van der Waals surface area contributed by atoms with E-state index >= 15 is 0 Å². The maximum Gasteiger partial charge on any atom is 0.178 e. The van der Waals surface area contributed by atoms with Gasteiger partial charge in [0.05, 0.1) is 27.3 Å². The van der Waals surface area contributed by atoms with Gasteiger partial charge in [-0.3, -0.25) is 0 Å². The van der Waals surface area contributed by atoms with Crippen molar-refractivity contribution in [2.45, 2.75) is 25.5 Å². The van der Waals surface area contributed by atoms with Gasteiger partial charge < -0.3 is 14.3 Å². The molecule has 6 heteroatoms. The molecule has 2 aromatic rings. The minimum absolute atomic E-state index is 0.193. The number of ether oxygens (including phenoxy) is 1. The fraction of sp³-hybridized carbons (Fsp3) is 0.417. The molecular formula is C12H12FIN2OS. The fourth-order valence-corrected chi connectivity index (χ4v) is 3.08. The van der Waals surface area contributed by atoms with Crippen LogP contribution in [0.4, 0.5) is 4.39 Å². The van der Waals surface area contributed by atoms with Crippen LogP contribution < -0.4 is 0 Å². The lowest BCUT2D eigenvalue weighted by Gasteiger charge is -2.11. The zero-order chi connectivity index (χ0) is 12.7. The highest BCUT2D eigenvalue weighted by Gasteiger charge is 2.18. The number of benzene rings is 1. The third-order valence-electron chi connectivity index (χ3n) is 3.23. The van der Waals surface area contributed by atoms with Crippen molar-refractivity contribution in [1.29, 1.82) is 0 Å². The Bertz CT molecular complexity index is 645. The van der Waals surface area contributed by atoms with Crippen molar-refractivity contribution in [3.05, 3.63) is 26.3 Å². The number of nitrogens with zero attached hydrogens (tertiary/aromatic N) is 1. The second-order valence-electron chi connectivity index (χ2n) is 4.46. The van der Waals surface area contributed by atoms with E-state index in [4.69, 9.17) is 17.0 Å². The van der Waals surface area contributed by atoms with E-state index in [0.717, 1.165) is 30.5 Å². The zero-order valence-electron chi connectivity index (χ0n) is 9.58. The lowest BCUT2D eigenvalue weighted by molar-refractivity contribution is 0.0976. The molecule has 0 aliphatic carbocycles. The molecule has 1 saturated heterocycles. The number of fused-ring (bicyclic) bond motifs is 1. The molecule has 0 saturated carbocycles. The van der Waals surface area contributed by atoms with E-state index in [1.165, 1.54) is 0 Å². The molecule has 1 aliphatic heterocycles. The summed E-state index contributed by atoms with van der Waals surface area (Å²) in [7, 11) is 0. The van der Waals surface area contributed by atoms with Crippen LogP contribution in [0.2, 0.25) is 0 Å². The summed E-state index contributed by atoms with van der Waals surface area (Å²) in [4.78, 5) is 3.12. The number of nitrogens with one attached hydrogen (secondary N) is 1. The van der Waals surface area contributed by atoms with Gasteiger partial charge in [0.15, 0.2) is 4.77 Å². The lowest BCUT2D eigenvalue weighted by Crippen LogP contribution is -2.14. The van der Waals surface area contributed by atoms with Gasteiger partial charge in [0.2, 0.25) is 0 Å². The van der Waals surface area contributed by atoms with Gasteiger partial charge in [-0.05, 0) is 53.7 Å². The topological polar surface area (TPSA) is 29.9 Å². The summed E-state index contributed by atoms with van der Waals surface area (Å²) >= 11 is 7.28. The maximum absolute atomic E-state index is 13.7. The molecule has 1 aromatic heterocycles. The van der Waals surface area contributed by atoms with Crippen LogP contribution in [0.5, 0.6) is 0 Å². The Morgan fingerprint density at radius 3 is 3.11 bits per heavy atom. The average molecular weight is 378 g/mol. The van der Waals surface area contributed by atoms with Gasteiger partial charge in [-0.2, -0.15) is 0 Å². The molecule has 1 N–H and O–H groups in total. The van der Waals surface area contributed by atoms with Crippen LogP contribution in [-0.2, 0) is 11.3 Å². The maximum atomic E-state index is 13.7. The number of imidazole rings is 1. The highest BCUT2D eigenvalue weighted by atomic mass is 127. The summed E-state index contributed by atoms with van der Waals surface area (Å²) in [5.74, 6) is -0.210. The minimum atomic E-state index is -0.210. The molecule has 96 valence electrons. The van der Waals surface area contributed by atoms with Crippen LogP contribution in [0.3, 0.4) is 0 Å². The molecule has 0 spiro atoms. The number of halogens is 2. The van der Waals surface area contributed by atoms with Gasteiger partial charge in [0.25, 0.3) is 0 Å². The van der Waals surface area contributed by atoms with Crippen molar-refractivity contribution in [2.75, 3.05) is 6.61 Å². The van der Waals surface area contributed by atoms with Gasteiger partial charge >= 0.3 is 0 Å². The first-order valence-corrected chi connectivity index (χ1v) is 7.33. The molecule has 1 fully saturated rings. The molecule has 1 aliphatic rings. The third kappa shape index (κ3) is 2.21. The molecule has 0 radical (unpaired) electrons. The van der Waals surface area contributed by atoms with E-state index in [2.05, 4.69) is 4.98 Å². The van der Waals surface area contributed by atoms with Crippen LogP contribution >= 0.6 is 34.8 Å². The van der Waals surface area contributed by atoms with E-state index < -0.39 is 0 Å². The highest BCUT2D eigenvalue weighted by Crippen LogP contribution is 2.22. The summed E-state index contributed by atoms with van der Waals surface area (Å²) in [6.07, 6.45) is 2.33. The molecule has 18 heavy (non-hydrogen) atoms. The standard InChI is InChI=1S/C12H12FIN2OS/c13-8-4-11-10(5-9(8)14)15-12(18)16(11)6-7-2-1-3-17-7/h4-5,7H,1-3,6H2,(H,15,18). The summed E-state index contributed by atoms with van der Waals surface area (Å²) in [5.41, 5.74) is 1.69. The van der Waals surface area contributed by atoms with E-state index in [9.17, 15) is 4.39 Å². The zero-order valence-corrected chi connectivity index (χ0v) is 12.6. The first-order valence-electron chi connectivity index (χ1n) is 5.84. The Labute approximate surface area is 122 Å². The Morgan fingerprint density at radius 2 is 2.39 bits per heavy atom. The molecule has 3 rings (SSSR count). The SMILES string of the molecule is Fc1cc2c(cc1I)[nH]c(=S)n2CC1CCCO1. The van der Waals surface area contributed by atoms with Crippen molar-refractivity contribution in [3.63, 3.8) is 0 Å². The number of aromatic nitrogens is 2. The molecule has 0 bridgehead atoms. The normalized spacial score (nSPS) is 19.8. The van der Waals surface area contributed by atoms with Crippen LogP contribution in [-0.4, -0.2) is 22.3 Å². The molecular weight excluding hydrogens is 366 g/mol. The molecule has 0 amide bonds. The van der Waals surface area contributed by atoms with Gasteiger partial charge in [0, 0.05) is 12.7 Å². The molecule has 3 nitrogen and oxygen atoms in total. The van der Waals surface area contributed by atoms with Crippen LogP contribution in [0, 0.1) is 14.2 Å². The van der Waals surface area contributed by atoms with E-state index in [1.54, 1.807) is 12.1 Å². The number of aromatic amines is 1. The van der Waals surface area contributed by atoms with Gasteiger partial charge in [-0.25, -0.2) is 4.39 Å². The van der Waals surface area contributed by atoms with Crippen LogP contribution in [0.15, 0.2) is 12.1 Å². The van der Waals surface area contributed by atoms with Crippen molar-refractivity contribution < 1.29 is 9.13 Å². The van der Waals surface area contributed by atoms with Gasteiger partial charge in [-0.1, -0.05) is 0 Å². The second-order valence-corrected chi connectivity index (χ2v) is 6.01. The molecule has 1 atom stereocenters. The Balaban J connectivity index is 2.07. The van der Waals surface area contributed by atoms with Crippen molar-refractivity contribution >= 4 is 45.8 Å². The van der Waals surface area contributed by atoms with Crippen molar-refractivity contribution in [1.82, 2.24) is 9.55 Å². The summed E-state index contributed by atoms with van der Waals surface area (Å²) in [6.45, 7) is 1.51. The Morgan fingerprint density at radius 1 is 1.56 bits per heavy atom. The highest BCUT2D eigenvalue weighted by molar-refractivity contribution is 14.1. The quantitative estimate of drug-likeness (QED) is 0.639. The number of rotatable bonds is 2. The predicted molar refractivity (Wildman–Crippen MR) is 78.8 cm³/mol. The first kappa shape index (κ1) is 12.6. The molecule has 2 heterocycles. The number of H-pyrrole nitrogens is 1. The van der Waals surface area contributed by atoms with Crippen molar-refractivity contribution in [3.8, 4) is 0 Å². The van der Waals surface area contributed by atoms with Crippen LogP contribution in [0.25, 0.3) is 11.0 Å². The summed E-state index contributed by atoms with van der Waals surface area (Å²) in [6, 6.07) is 3.32. The molecule has 1 unspecified atom stereocenters. The predicted octanol–water partition coefficient (Wildman–Crippen LogP) is 3.62. The summed E-state index contributed by atoms with van der Waals surface area (Å²) < 4.78 is 22.4. The van der Waals surface area contributed by atoms with Crippen molar-refractivity contribution in [2.24, 2.45) is 0 Å². The van der Waals surface area contributed by atoms with E-state index in [-0.39, 0.29) is 11.9 Å². The third-order valence-corrected chi connectivity index (χ3v) is 4.38. The lowest BCUT2D eigenvalue weighted by atomic mass is 10.2. The first-order chi connectivity index (χ1) is 8.65. The molecule has 1 aromatic carbocycles. The second kappa shape index (κ2) is 4.90. The van der Waals surface area contributed by atoms with Crippen LogP contribution in [0.1, 0.15) is 12.8 Å².